The summed E-state index contributed by atoms with van der Waals surface area (Å²) in [5.41, 5.74) is 1.18. The smallest absolute Gasteiger partial charge is 0.313 e. The zero-order valence-electron chi connectivity index (χ0n) is 17.8. The second-order valence-electron chi connectivity index (χ2n) is 7.30. The predicted octanol–water partition coefficient (Wildman–Crippen LogP) is 2.49. The largest absolute Gasteiger partial charge is 0.494 e. The van der Waals surface area contributed by atoms with E-state index in [1.807, 2.05) is 13.0 Å². The molecular weight excluding hydrogens is 399 g/mol. The normalized spacial score (nSPS) is 14.2. The number of para-hydroxylation sites is 1. The molecule has 1 heterocycles. The third-order valence-electron chi connectivity index (χ3n) is 5.13. The number of nitrogens with one attached hydrogen (secondary N) is 2. The first-order valence-electron chi connectivity index (χ1n) is 10.6. The second kappa shape index (κ2) is 11.3. The molecule has 0 unspecified atom stereocenters. The van der Waals surface area contributed by atoms with Crippen molar-refractivity contribution in [1.29, 1.82) is 0 Å². The van der Waals surface area contributed by atoms with Crippen molar-refractivity contribution in [3.8, 4) is 5.75 Å². The molecule has 7 nitrogen and oxygen atoms in total. The topological polar surface area (TPSA) is 73.9 Å². The Kier molecular flexibility index (Phi) is 8.23. The number of ether oxygens (including phenoxy) is 1. The van der Waals surface area contributed by atoms with E-state index in [1.165, 1.54) is 6.07 Å². The Morgan fingerprint density at radius 1 is 1.00 bits per heavy atom. The van der Waals surface area contributed by atoms with Crippen LogP contribution in [0.1, 0.15) is 13.3 Å². The van der Waals surface area contributed by atoms with Gasteiger partial charge in [-0.1, -0.05) is 12.1 Å². The number of benzene rings is 2. The zero-order chi connectivity index (χ0) is 22.1. The van der Waals surface area contributed by atoms with Crippen molar-refractivity contribution in [2.24, 2.45) is 0 Å². The predicted molar refractivity (Wildman–Crippen MR) is 119 cm³/mol. The molecular formula is C23H29FN4O3. The third-order valence-corrected chi connectivity index (χ3v) is 5.13. The molecule has 0 bridgehead atoms. The minimum Gasteiger partial charge on any atom is -0.494 e. The molecule has 2 N–H and O–H groups in total. The van der Waals surface area contributed by atoms with Crippen LogP contribution in [0.4, 0.5) is 15.8 Å². The van der Waals surface area contributed by atoms with Crippen LogP contribution in [0.5, 0.6) is 5.75 Å². The number of carbonyl (C=O) groups is 2. The standard InChI is InChI=1S/C23H29FN4O3/c1-2-31-19-10-8-18(9-11-19)26-23(30)22(29)25-12-5-13-27-14-16-28(17-15-27)21-7-4-3-6-20(21)24/h3-4,6-11H,2,5,12-17H2,1H3,(H,25,29)(H,26,30). The van der Waals surface area contributed by atoms with Crippen LogP contribution in [-0.4, -0.2) is 62.6 Å². The Morgan fingerprint density at radius 3 is 2.39 bits per heavy atom. The maximum Gasteiger partial charge on any atom is 0.313 e. The molecule has 0 saturated carbocycles. The van der Waals surface area contributed by atoms with Crippen LogP contribution in [0.2, 0.25) is 0 Å². The van der Waals surface area contributed by atoms with Crippen LogP contribution in [0.15, 0.2) is 48.5 Å². The van der Waals surface area contributed by atoms with Gasteiger partial charge in [0, 0.05) is 38.4 Å². The van der Waals surface area contributed by atoms with E-state index in [2.05, 4.69) is 20.4 Å². The van der Waals surface area contributed by atoms with Crippen molar-refractivity contribution in [1.82, 2.24) is 10.2 Å². The van der Waals surface area contributed by atoms with Crippen LogP contribution >= 0.6 is 0 Å². The Labute approximate surface area is 182 Å². The average molecular weight is 429 g/mol. The number of rotatable bonds is 8. The van der Waals surface area contributed by atoms with Gasteiger partial charge in [-0.15, -0.1) is 0 Å². The fourth-order valence-electron chi connectivity index (χ4n) is 3.49. The Bertz CT molecular complexity index is 867. The molecule has 0 spiro atoms. The van der Waals surface area contributed by atoms with Crippen LogP contribution in [0.3, 0.4) is 0 Å². The molecule has 1 saturated heterocycles. The molecule has 31 heavy (non-hydrogen) atoms. The lowest BCUT2D eigenvalue weighted by molar-refractivity contribution is -0.136. The van der Waals surface area contributed by atoms with Gasteiger partial charge in [-0.3, -0.25) is 14.5 Å². The second-order valence-corrected chi connectivity index (χ2v) is 7.30. The minimum absolute atomic E-state index is 0.192. The van der Waals surface area contributed by atoms with Crippen LogP contribution in [0, 0.1) is 5.82 Å². The molecule has 0 aromatic heterocycles. The molecule has 166 valence electrons. The van der Waals surface area contributed by atoms with E-state index in [-0.39, 0.29) is 5.82 Å². The van der Waals surface area contributed by atoms with Crippen LogP contribution < -0.4 is 20.3 Å². The molecule has 3 rings (SSSR count). The Morgan fingerprint density at radius 2 is 1.71 bits per heavy atom. The summed E-state index contributed by atoms with van der Waals surface area (Å²) in [7, 11) is 0. The monoisotopic (exact) mass is 428 g/mol. The highest BCUT2D eigenvalue weighted by atomic mass is 19.1. The van der Waals surface area contributed by atoms with E-state index in [1.54, 1.807) is 36.4 Å². The molecule has 1 fully saturated rings. The van der Waals surface area contributed by atoms with Crippen LogP contribution in [0.25, 0.3) is 0 Å². The molecule has 8 heteroatoms. The molecule has 2 aromatic carbocycles. The number of amides is 2. The summed E-state index contributed by atoms with van der Waals surface area (Å²) in [6.45, 7) is 6.88. The highest BCUT2D eigenvalue weighted by molar-refractivity contribution is 6.39. The molecule has 1 aliphatic rings. The molecule has 1 aliphatic heterocycles. The van der Waals surface area contributed by atoms with Gasteiger partial charge in [-0.05, 0) is 56.3 Å². The van der Waals surface area contributed by atoms with Gasteiger partial charge in [0.2, 0.25) is 0 Å². The summed E-state index contributed by atoms with van der Waals surface area (Å²) < 4.78 is 19.3. The number of halogens is 1. The number of anilines is 2. The highest BCUT2D eigenvalue weighted by Gasteiger charge is 2.19. The number of nitrogens with zero attached hydrogens (tertiary/aromatic N) is 2. The third kappa shape index (κ3) is 6.68. The number of carbonyl (C=O) groups excluding carboxylic acids is 2. The number of hydrogen-bond acceptors (Lipinski definition) is 5. The SMILES string of the molecule is CCOc1ccc(NC(=O)C(=O)NCCCN2CCN(c3ccccc3F)CC2)cc1. The molecule has 0 atom stereocenters. The quantitative estimate of drug-likeness (QED) is 0.499. The van der Waals surface area contributed by atoms with E-state index >= 15 is 0 Å². The van der Waals surface area contributed by atoms with Gasteiger partial charge in [0.05, 0.1) is 12.3 Å². The van der Waals surface area contributed by atoms with E-state index < -0.39 is 11.8 Å². The fraction of sp³-hybridized carbons (Fsp3) is 0.391. The van der Waals surface area contributed by atoms with E-state index in [0.717, 1.165) is 39.1 Å². The number of piperazine rings is 1. The first-order chi connectivity index (χ1) is 15.1. The maximum atomic E-state index is 13.9. The summed E-state index contributed by atoms with van der Waals surface area (Å²) in [5, 5.41) is 5.23. The molecule has 2 amide bonds. The first-order valence-corrected chi connectivity index (χ1v) is 10.6. The van der Waals surface area contributed by atoms with Crippen molar-refractivity contribution in [2.45, 2.75) is 13.3 Å². The fourth-order valence-corrected chi connectivity index (χ4v) is 3.49. The highest BCUT2D eigenvalue weighted by Crippen LogP contribution is 2.20. The first kappa shape index (κ1) is 22.6. The maximum absolute atomic E-state index is 13.9. The van der Waals surface area contributed by atoms with E-state index in [4.69, 9.17) is 4.74 Å². The average Bonchev–Trinajstić information content (AvgIpc) is 2.79. The Hall–Kier alpha value is -3.13. The van der Waals surface area contributed by atoms with Crippen molar-refractivity contribution in [3.05, 3.63) is 54.3 Å². The van der Waals surface area contributed by atoms with Crippen LogP contribution in [-0.2, 0) is 9.59 Å². The van der Waals surface area contributed by atoms with Gasteiger partial charge < -0.3 is 20.3 Å². The van der Waals surface area contributed by atoms with Crippen molar-refractivity contribution < 1.29 is 18.7 Å². The summed E-state index contributed by atoms with van der Waals surface area (Å²) in [6.07, 6.45) is 0.738. The lowest BCUT2D eigenvalue weighted by Crippen LogP contribution is -2.47. The molecule has 0 radical (unpaired) electrons. The lowest BCUT2D eigenvalue weighted by Gasteiger charge is -2.36. The Balaban J connectivity index is 1.32. The van der Waals surface area contributed by atoms with Crippen molar-refractivity contribution in [2.75, 3.05) is 56.1 Å². The summed E-state index contributed by atoms with van der Waals surface area (Å²) in [4.78, 5) is 28.3. The molecule has 0 aliphatic carbocycles. The zero-order valence-corrected chi connectivity index (χ0v) is 17.8. The van der Waals surface area contributed by atoms with Gasteiger partial charge in [0.25, 0.3) is 0 Å². The van der Waals surface area contributed by atoms with E-state index in [9.17, 15) is 14.0 Å². The van der Waals surface area contributed by atoms with Gasteiger partial charge in [0.15, 0.2) is 0 Å². The molecule has 2 aromatic rings. The van der Waals surface area contributed by atoms with Gasteiger partial charge in [-0.25, -0.2) is 4.39 Å². The minimum atomic E-state index is -0.692. The summed E-state index contributed by atoms with van der Waals surface area (Å²) >= 11 is 0. The summed E-state index contributed by atoms with van der Waals surface area (Å²) in [6, 6.07) is 13.7. The lowest BCUT2D eigenvalue weighted by atomic mass is 10.2. The number of hydrogen-bond donors (Lipinski definition) is 2. The van der Waals surface area contributed by atoms with Crippen molar-refractivity contribution >= 4 is 23.2 Å². The van der Waals surface area contributed by atoms with Crippen molar-refractivity contribution in [3.63, 3.8) is 0 Å². The summed E-state index contributed by atoms with van der Waals surface area (Å²) in [5.74, 6) is -0.831. The van der Waals surface area contributed by atoms with Gasteiger partial charge >= 0.3 is 11.8 Å². The van der Waals surface area contributed by atoms with E-state index in [0.29, 0.717) is 30.3 Å². The van der Waals surface area contributed by atoms with Gasteiger partial charge in [0.1, 0.15) is 11.6 Å². The van der Waals surface area contributed by atoms with Gasteiger partial charge in [-0.2, -0.15) is 0 Å².